The Labute approximate surface area is 505 Å². The minimum atomic E-state index is -4.94. The lowest BCUT2D eigenvalue weighted by Crippen LogP contribution is -2.30. The van der Waals surface area contributed by atoms with Gasteiger partial charge in [0, 0.05) is 25.7 Å². The molecule has 0 rings (SSSR count). The average Bonchev–Trinajstić information content (AvgIpc) is 3.46. The summed E-state index contributed by atoms with van der Waals surface area (Å²) in [4.78, 5) is 72.1. The van der Waals surface area contributed by atoms with Crippen LogP contribution in [0.15, 0.2) is 0 Å². The molecule has 83 heavy (non-hydrogen) atoms. The summed E-state index contributed by atoms with van der Waals surface area (Å²) in [7, 11) is -9.88. The van der Waals surface area contributed by atoms with Crippen molar-refractivity contribution in [2.24, 2.45) is 5.92 Å². The number of esters is 4. The maximum Gasteiger partial charge on any atom is 0.472 e. The van der Waals surface area contributed by atoms with Gasteiger partial charge in [-0.05, 0) is 31.6 Å². The van der Waals surface area contributed by atoms with Crippen LogP contribution < -0.4 is 0 Å². The quantitative estimate of drug-likeness (QED) is 0.0222. The zero-order valence-electron chi connectivity index (χ0n) is 53.3. The van der Waals surface area contributed by atoms with Crippen LogP contribution in [-0.2, 0) is 65.4 Å². The molecule has 492 valence electrons. The van der Waals surface area contributed by atoms with Crippen molar-refractivity contribution in [1.29, 1.82) is 0 Å². The summed E-state index contributed by atoms with van der Waals surface area (Å²) in [6.45, 7) is 7.13. The lowest BCUT2D eigenvalue weighted by atomic mass is 10.00. The van der Waals surface area contributed by atoms with E-state index in [0.29, 0.717) is 25.7 Å². The summed E-state index contributed by atoms with van der Waals surface area (Å²) in [5.41, 5.74) is 0. The van der Waals surface area contributed by atoms with Crippen LogP contribution in [0, 0.1) is 5.92 Å². The molecule has 3 N–H and O–H groups in total. The number of unbranched alkanes of at least 4 members (excludes halogenated alkanes) is 35. The van der Waals surface area contributed by atoms with E-state index in [9.17, 15) is 43.2 Å². The standard InChI is InChI=1S/C64H124O17P2/c1-6-10-13-16-19-22-24-25-26-27-28-30-33-40-45-50-64(69)81-60(54-75-62(67)48-43-38-35-34-36-41-46-57(5)9-4)56-79-83(72,73)77-52-58(65)51-76-82(70,71)78-55-59(53-74-61(66)47-42-37-31-21-18-15-12-8-3)80-63(68)49-44-39-32-29-23-20-17-14-11-7-2/h57-60,65H,6-56H2,1-5H3,(H,70,71)(H,72,73)/t57?,58-,59+,60+/m0/s1. The van der Waals surface area contributed by atoms with E-state index in [2.05, 4.69) is 34.6 Å². The maximum absolute atomic E-state index is 13.0. The third-order valence-electron chi connectivity index (χ3n) is 15.1. The van der Waals surface area contributed by atoms with Crippen LogP contribution in [0.5, 0.6) is 0 Å². The molecule has 0 aliphatic rings. The number of hydrogen-bond donors (Lipinski definition) is 3. The summed E-state index contributed by atoms with van der Waals surface area (Å²) < 4.78 is 67.9. The lowest BCUT2D eigenvalue weighted by Gasteiger charge is -2.21. The molecular formula is C64H124O17P2. The topological polar surface area (TPSA) is 237 Å². The Morgan fingerprint density at radius 3 is 0.855 bits per heavy atom. The number of phosphoric ester groups is 2. The van der Waals surface area contributed by atoms with Crippen LogP contribution in [0.4, 0.5) is 0 Å². The first kappa shape index (κ1) is 81.1. The lowest BCUT2D eigenvalue weighted by molar-refractivity contribution is -0.161. The number of aliphatic hydroxyl groups is 1. The van der Waals surface area contributed by atoms with Gasteiger partial charge >= 0.3 is 39.5 Å². The monoisotopic (exact) mass is 1230 g/mol. The average molecular weight is 1230 g/mol. The van der Waals surface area contributed by atoms with Gasteiger partial charge in [-0.25, -0.2) is 9.13 Å². The zero-order chi connectivity index (χ0) is 61.3. The van der Waals surface area contributed by atoms with E-state index in [1.807, 2.05) is 0 Å². The van der Waals surface area contributed by atoms with Gasteiger partial charge in [-0.1, -0.05) is 272 Å². The Kier molecular flexibility index (Phi) is 56.4. The Balaban J connectivity index is 5.21. The number of carbonyl (C=O) groups excluding carboxylic acids is 4. The molecule has 0 radical (unpaired) electrons. The van der Waals surface area contributed by atoms with Crippen LogP contribution in [0.2, 0.25) is 0 Å². The first-order valence-electron chi connectivity index (χ1n) is 33.7. The molecular weight excluding hydrogens is 1100 g/mol. The fourth-order valence-corrected chi connectivity index (χ4v) is 11.1. The largest absolute Gasteiger partial charge is 0.472 e. The molecule has 0 heterocycles. The van der Waals surface area contributed by atoms with E-state index >= 15 is 0 Å². The van der Waals surface area contributed by atoms with E-state index in [1.165, 1.54) is 135 Å². The third-order valence-corrected chi connectivity index (χ3v) is 17.0. The fraction of sp³-hybridized carbons (Fsp3) is 0.938. The third kappa shape index (κ3) is 57.6. The molecule has 0 spiro atoms. The van der Waals surface area contributed by atoms with Crippen LogP contribution in [-0.4, -0.2) is 96.7 Å². The summed E-state index contributed by atoms with van der Waals surface area (Å²) in [5, 5.41) is 10.5. The minimum Gasteiger partial charge on any atom is -0.462 e. The van der Waals surface area contributed by atoms with Gasteiger partial charge in [-0.3, -0.25) is 37.3 Å². The predicted octanol–water partition coefficient (Wildman–Crippen LogP) is 17.8. The second-order valence-electron chi connectivity index (χ2n) is 23.4. The highest BCUT2D eigenvalue weighted by Gasteiger charge is 2.30. The Hall–Kier alpha value is -1.94. The minimum absolute atomic E-state index is 0.106. The van der Waals surface area contributed by atoms with Gasteiger partial charge < -0.3 is 33.8 Å². The van der Waals surface area contributed by atoms with Crippen molar-refractivity contribution in [3.63, 3.8) is 0 Å². The molecule has 0 aromatic carbocycles. The van der Waals surface area contributed by atoms with Gasteiger partial charge in [0.25, 0.3) is 0 Å². The number of hydrogen-bond acceptors (Lipinski definition) is 15. The van der Waals surface area contributed by atoms with Crippen molar-refractivity contribution in [2.75, 3.05) is 39.6 Å². The van der Waals surface area contributed by atoms with Crippen molar-refractivity contribution in [3.05, 3.63) is 0 Å². The molecule has 0 amide bonds. The van der Waals surface area contributed by atoms with Crippen molar-refractivity contribution in [2.45, 2.75) is 342 Å². The second-order valence-corrected chi connectivity index (χ2v) is 26.3. The summed E-state index contributed by atoms with van der Waals surface area (Å²) in [6.07, 6.45) is 41.7. The predicted molar refractivity (Wildman–Crippen MR) is 331 cm³/mol. The van der Waals surface area contributed by atoms with Gasteiger partial charge in [0.05, 0.1) is 26.4 Å². The smallest absolute Gasteiger partial charge is 0.462 e. The molecule has 0 aromatic heterocycles. The summed E-state index contributed by atoms with van der Waals surface area (Å²) >= 11 is 0. The Morgan fingerprint density at radius 1 is 0.337 bits per heavy atom. The molecule has 0 bridgehead atoms. The Morgan fingerprint density at radius 2 is 0.578 bits per heavy atom. The molecule has 3 unspecified atom stereocenters. The second kappa shape index (κ2) is 57.8. The van der Waals surface area contributed by atoms with Gasteiger partial charge in [-0.15, -0.1) is 0 Å². The van der Waals surface area contributed by atoms with Crippen LogP contribution in [0.1, 0.15) is 324 Å². The Bertz CT molecular complexity index is 1620. The first-order valence-corrected chi connectivity index (χ1v) is 36.7. The molecule has 0 aliphatic heterocycles. The van der Waals surface area contributed by atoms with E-state index in [4.69, 9.17) is 37.0 Å². The van der Waals surface area contributed by atoms with Crippen molar-refractivity contribution in [1.82, 2.24) is 0 Å². The molecule has 17 nitrogen and oxygen atoms in total. The number of phosphoric acid groups is 2. The highest BCUT2D eigenvalue weighted by Crippen LogP contribution is 2.45. The number of carbonyl (C=O) groups is 4. The number of aliphatic hydroxyl groups excluding tert-OH is 1. The van der Waals surface area contributed by atoms with Crippen LogP contribution in [0.3, 0.4) is 0 Å². The summed E-state index contributed by atoms with van der Waals surface area (Å²) in [5.74, 6) is -1.40. The van der Waals surface area contributed by atoms with Crippen molar-refractivity contribution < 1.29 is 80.2 Å². The van der Waals surface area contributed by atoms with E-state index < -0.39 is 97.5 Å². The molecule has 0 aromatic rings. The molecule has 19 heteroatoms. The SMILES string of the molecule is CCCCCCCCCCCCCCCCCC(=O)O[C@H](COC(=O)CCCCCCCCC(C)CC)COP(=O)(O)OC[C@@H](O)COP(=O)(O)OC[C@@H](COC(=O)CCCCCCCCCC)OC(=O)CCCCCCCCCCCC. The summed E-state index contributed by atoms with van der Waals surface area (Å²) in [6, 6.07) is 0. The van der Waals surface area contributed by atoms with Crippen LogP contribution >= 0.6 is 15.6 Å². The molecule has 0 fully saturated rings. The van der Waals surface area contributed by atoms with Gasteiger partial charge in [0.15, 0.2) is 12.2 Å². The highest BCUT2D eigenvalue weighted by molar-refractivity contribution is 7.47. The maximum atomic E-state index is 13.0. The van der Waals surface area contributed by atoms with Crippen molar-refractivity contribution in [3.8, 4) is 0 Å². The fourth-order valence-electron chi connectivity index (χ4n) is 9.55. The van der Waals surface area contributed by atoms with Crippen molar-refractivity contribution >= 4 is 39.5 Å². The van der Waals surface area contributed by atoms with Gasteiger partial charge in [0.1, 0.15) is 19.3 Å². The highest BCUT2D eigenvalue weighted by atomic mass is 31.2. The van der Waals surface area contributed by atoms with E-state index in [0.717, 1.165) is 109 Å². The van der Waals surface area contributed by atoms with E-state index in [1.54, 1.807) is 0 Å². The van der Waals surface area contributed by atoms with Gasteiger partial charge in [-0.2, -0.15) is 0 Å². The molecule has 0 saturated carbocycles. The number of rotatable bonds is 64. The number of ether oxygens (including phenoxy) is 4. The van der Waals surface area contributed by atoms with Crippen LogP contribution in [0.25, 0.3) is 0 Å². The van der Waals surface area contributed by atoms with Gasteiger partial charge in [0.2, 0.25) is 0 Å². The zero-order valence-corrected chi connectivity index (χ0v) is 55.1. The normalized spacial score (nSPS) is 14.6. The molecule has 0 saturated heterocycles. The molecule has 0 aliphatic carbocycles. The molecule has 6 atom stereocenters. The van der Waals surface area contributed by atoms with E-state index in [-0.39, 0.29) is 25.7 Å². The first-order chi connectivity index (χ1) is 40.1.